The van der Waals surface area contributed by atoms with Crippen molar-refractivity contribution < 1.29 is 19.4 Å². The number of rotatable bonds is 18. The molecule has 0 spiro atoms. The van der Waals surface area contributed by atoms with Crippen LogP contribution in [0.15, 0.2) is 36.7 Å². The lowest BCUT2D eigenvalue weighted by atomic mass is 10.1. The maximum absolute atomic E-state index is 10.5. The minimum absolute atomic E-state index is 0.286. The van der Waals surface area contributed by atoms with Crippen molar-refractivity contribution in [3.63, 3.8) is 0 Å². The molecule has 0 bridgehead atoms. The van der Waals surface area contributed by atoms with Crippen molar-refractivity contribution in [2.75, 3.05) is 19.8 Å². The van der Waals surface area contributed by atoms with E-state index in [1.807, 2.05) is 36.7 Å². The molecular weight excluding hydrogens is 404 g/mol. The van der Waals surface area contributed by atoms with Crippen LogP contribution in [0.3, 0.4) is 0 Å². The Morgan fingerprint density at radius 2 is 1.50 bits per heavy atom. The second-order valence-corrected chi connectivity index (χ2v) is 8.12. The van der Waals surface area contributed by atoms with Crippen molar-refractivity contribution in [1.29, 1.82) is 0 Å². The molecule has 0 saturated heterocycles. The third-order valence-corrected chi connectivity index (χ3v) is 5.22. The molecule has 0 aliphatic carbocycles. The summed E-state index contributed by atoms with van der Waals surface area (Å²) in [4.78, 5) is 19.5. The fourth-order valence-electron chi connectivity index (χ4n) is 3.39. The van der Waals surface area contributed by atoms with E-state index in [0.717, 1.165) is 100 Å². The van der Waals surface area contributed by atoms with Crippen LogP contribution >= 0.6 is 0 Å². The number of aliphatic carboxylic acids is 1. The van der Waals surface area contributed by atoms with E-state index in [0.29, 0.717) is 6.61 Å². The largest absolute Gasteiger partial charge is 0.494 e. The van der Waals surface area contributed by atoms with Gasteiger partial charge in [0.1, 0.15) is 5.75 Å². The van der Waals surface area contributed by atoms with Gasteiger partial charge in [0.2, 0.25) is 0 Å². The molecule has 1 aromatic heterocycles. The fraction of sp³-hybridized carbons (Fsp3) is 0.577. The molecule has 0 atom stereocenters. The van der Waals surface area contributed by atoms with Crippen LogP contribution in [0.4, 0.5) is 0 Å². The van der Waals surface area contributed by atoms with E-state index in [1.165, 1.54) is 0 Å². The Morgan fingerprint density at radius 3 is 2.19 bits per heavy atom. The van der Waals surface area contributed by atoms with Crippen molar-refractivity contribution in [1.82, 2.24) is 9.97 Å². The Morgan fingerprint density at radius 1 is 0.844 bits per heavy atom. The minimum Gasteiger partial charge on any atom is -0.494 e. The second-order valence-electron chi connectivity index (χ2n) is 8.12. The molecule has 32 heavy (non-hydrogen) atoms. The van der Waals surface area contributed by atoms with Crippen LogP contribution in [-0.4, -0.2) is 40.9 Å². The number of nitrogens with zero attached hydrogens (tertiary/aromatic N) is 2. The first-order valence-corrected chi connectivity index (χ1v) is 12.0. The lowest BCUT2D eigenvalue weighted by Gasteiger charge is -2.08. The number of hydrogen-bond acceptors (Lipinski definition) is 5. The fourth-order valence-corrected chi connectivity index (χ4v) is 3.39. The molecule has 0 amide bonds. The molecular formula is C26H38N2O4. The average molecular weight is 443 g/mol. The molecule has 1 aromatic carbocycles. The standard InChI is InChI=1S/C26H38N2O4/c1-2-17-31-18-9-10-19-32-24-15-13-23(14-16-24)26-27-20-22(21-28-26)11-7-5-3-4-6-8-12-25(29)30/h13-16,20-21H,2-12,17-19H2,1H3,(H,29,30). The third kappa shape index (κ3) is 11.2. The molecule has 1 N–H and O–H groups in total. The summed E-state index contributed by atoms with van der Waals surface area (Å²) in [5.41, 5.74) is 2.14. The number of ether oxygens (including phenoxy) is 2. The first-order valence-electron chi connectivity index (χ1n) is 12.0. The van der Waals surface area contributed by atoms with Crippen molar-refractivity contribution in [3.8, 4) is 17.1 Å². The van der Waals surface area contributed by atoms with Crippen molar-refractivity contribution in [3.05, 3.63) is 42.2 Å². The van der Waals surface area contributed by atoms with Crippen LogP contribution in [0.2, 0.25) is 0 Å². The van der Waals surface area contributed by atoms with Gasteiger partial charge in [0, 0.05) is 37.6 Å². The zero-order valence-electron chi connectivity index (χ0n) is 19.4. The number of carboxylic acid groups (broad SMARTS) is 1. The van der Waals surface area contributed by atoms with Gasteiger partial charge in [-0.15, -0.1) is 0 Å². The summed E-state index contributed by atoms with van der Waals surface area (Å²) in [7, 11) is 0. The predicted octanol–water partition coefficient (Wildman–Crippen LogP) is 6.09. The van der Waals surface area contributed by atoms with Crippen molar-refractivity contribution in [2.45, 2.75) is 77.6 Å². The Labute approximate surface area is 192 Å². The number of aryl methyl sites for hydroxylation is 1. The van der Waals surface area contributed by atoms with Gasteiger partial charge in [-0.05, 0) is 68.4 Å². The van der Waals surface area contributed by atoms with Gasteiger partial charge in [-0.25, -0.2) is 9.97 Å². The average Bonchev–Trinajstić information content (AvgIpc) is 2.81. The summed E-state index contributed by atoms with van der Waals surface area (Å²) in [6, 6.07) is 7.94. The highest BCUT2D eigenvalue weighted by Crippen LogP contribution is 2.20. The molecule has 2 aromatic rings. The molecule has 2 rings (SSSR count). The number of carbonyl (C=O) groups is 1. The summed E-state index contributed by atoms with van der Waals surface area (Å²) >= 11 is 0. The smallest absolute Gasteiger partial charge is 0.303 e. The highest BCUT2D eigenvalue weighted by Gasteiger charge is 2.03. The topological polar surface area (TPSA) is 81.5 Å². The molecule has 0 aliphatic heterocycles. The molecule has 0 saturated carbocycles. The van der Waals surface area contributed by atoms with Crippen LogP contribution in [0.5, 0.6) is 5.75 Å². The van der Waals surface area contributed by atoms with E-state index in [-0.39, 0.29) is 6.42 Å². The highest BCUT2D eigenvalue weighted by molar-refractivity contribution is 5.66. The molecule has 6 nitrogen and oxygen atoms in total. The lowest BCUT2D eigenvalue weighted by Crippen LogP contribution is -2.01. The van der Waals surface area contributed by atoms with Gasteiger partial charge in [-0.2, -0.15) is 0 Å². The van der Waals surface area contributed by atoms with E-state index < -0.39 is 5.97 Å². The van der Waals surface area contributed by atoms with E-state index in [2.05, 4.69) is 16.9 Å². The van der Waals surface area contributed by atoms with Gasteiger partial charge in [-0.3, -0.25) is 4.79 Å². The van der Waals surface area contributed by atoms with Gasteiger partial charge < -0.3 is 14.6 Å². The zero-order chi connectivity index (χ0) is 22.9. The summed E-state index contributed by atoms with van der Waals surface area (Å²) < 4.78 is 11.3. The van der Waals surface area contributed by atoms with Gasteiger partial charge in [0.05, 0.1) is 6.61 Å². The SMILES string of the molecule is CCCOCCCCOc1ccc(-c2ncc(CCCCCCCCC(=O)O)cn2)cc1. The van der Waals surface area contributed by atoms with Crippen LogP contribution in [-0.2, 0) is 16.0 Å². The first kappa shape index (κ1) is 25.8. The maximum Gasteiger partial charge on any atom is 0.303 e. The molecule has 1 heterocycles. The highest BCUT2D eigenvalue weighted by atomic mass is 16.5. The van der Waals surface area contributed by atoms with Gasteiger partial charge in [0.25, 0.3) is 0 Å². The quantitative estimate of drug-likeness (QED) is 0.281. The third-order valence-electron chi connectivity index (χ3n) is 5.22. The van der Waals surface area contributed by atoms with Gasteiger partial charge in [-0.1, -0.05) is 32.6 Å². The van der Waals surface area contributed by atoms with Crippen molar-refractivity contribution >= 4 is 5.97 Å². The Kier molecular flexibility index (Phi) is 13.1. The number of unbranched alkanes of at least 4 members (excludes halogenated alkanes) is 6. The lowest BCUT2D eigenvalue weighted by molar-refractivity contribution is -0.137. The van der Waals surface area contributed by atoms with Crippen LogP contribution < -0.4 is 4.74 Å². The molecule has 0 radical (unpaired) electrons. The number of carboxylic acids is 1. The number of hydrogen-bond donors (Lipinski definition) is 1. The van der Waals surface area contributed by atoms with Crippen LogP contribution in [0.1, 0.15) is 76.7 Å². The van der Waals surface area contributed by atoms with Crippen LogP contribution in [0, 0.1) is 0 Å². The number of aromatic nitrogens is 2. The van der Waals surface area contributed by atoms with Gasteiger partial charge >= 0.3 is 5.97 Å². The summed E-state index contributed by atoms with van der Waals surface area (Å²) in [5, 5.41) is 8.63. The minimum atomic E-state index is -0.697. The van der Waals surface area contributed by atoms with E-state index in [1.54, 1.807) is 0 Å². The number of benzene rings is 1. The molecule has 0 unspecified atom stereocenters. The normalized spacial score (nSPS) is 10.9. The first-order chi connectivity index (χ1) is 15.7. The Balaban J connectivity index is 1.62. The van der Waals surface area contributed by atoms with E-state index in [9.17, 15) is 4.79 Å². The summed E-state index contributed by atoms with van der Waals surface area (Å²) in [6.07, 6.45) is 14.5. The monoisotopic (exact) mass is 442 g/mol. The van der Waals surface area contributed by atoms with Gasteiger partial charge in [0.15, 0.2) is 5.82 Å². The van der Waals surface area contributed by atoms with E-state index >= 15 is 0 Å². The molecule has 0 aliphatic rings. The predicted molar refractivity (Wildman–Crippen MR) is 127 cm³/mol. The maximum atomic E-state index is 10.5. The van der Waals surface area contributed by atoms with E-state index in [4.69, 9.17) is 14.6 Å². The Bertz CT molecular complexity index is 747. The molecule has 0 fully saturated rings. The Hall–Kier alpha value is -2.47. The molecule has 176 valence electrons. The second kappa shape index (κ2) is 16.2. The summed E-state index contributed by atoms with van der Waals surface area (Å²) in [6.45, 7) is 4.45. The summed E-state index contributed by atoms with van der Waals surface area (Å²) in [5.74, 6) is 0.895. The van der Waals surface area contributed by atoms with Crippen molar-refractivity contribution in [2.24, 2.45) is 0 Å². The molecule has 6 heteroatoms. The zero-order valence-corrected chi connectivity index (χ0v) is 19.4. The van der Waals surface area contributed by atoms with Crippen LogP contribution in [0.25, 0.3) is 11.4 Å².